The third kappa shape index (κ3) is 4.83. The predicted molar refractivity (Wildman–Crippen MR) is 116 cm³/mol. The Bertz CT molecular complexity index is 1010. The summed E-state index contributed by atoms with van der Waals surface area (Å²) in [5.74, 6) is 0.371. The standard InChI is InChI=1S/C22H28N6O2/c1-28-14-18(13-25-28)16-3-4-17-12-24-22(26-20(17)11-16)27-21(29)15-5-7-19(8-6-15)23-9-10-30-2/h3-4,11-15,19,23H,5-10H2,1-2H3,(H,24,26,27,29)/t15-,19-. The highest BCUT2D eigenvalue weighted by molar-refractivity contribution is 5.92. The van der Waals surface area contributed by atoms with E-state index in [0.717, 1.165) is 54.3 Å². The Balaban J connectivity index is 1.39. The molecule has 8 nitrogen and oxygen atoms in total. The average Bonchev–Trinajstić information content (AvgIpc) is 3.20. The number of rotatable bonds is 7. The van der Waals surface area contributed by atoms with Gasteiger partial charge in [0.15, 0.2) is 0 Å². The fraction of sp³-hybridized carbons (Fsp3) is 0.455. The second kappa shape index (κ2) is 9.32. The SMILES string of the molecule is COCCN[C@H]1CC[C@H](C(=O)Nc2ncc3ccc(-c4cnn(C)c4)cc3n2)CC1. The summed E-state index contributed by atoms with van der Waals surface area (Å²) in [7, 11) is 3.60. The number of ether oxygens (including phenoxy) is 1. The summed E-state index contributed by atoms with van der Waals surface area (Å²) >= 11 is 0. The normalized spacial score (nSPS) is 19.1. The van der Waals surface area contributed by atoms with Crippen LogP contribution < -0.4 is 10.6 Å². The molecule has 1 aliphatic rings. The summed E-state index contributed by atoms with van der Waals surface area (Å²) in [5, 5.41) is 11.6. The molecule has 2 aromatic heterocycles. The van der Waals surface area contributed by atoms with E-state index in [2.05, 4.69) is 25.7 Å². The molecule has 0 atom stereocenters. The van der Waals surface area contributed by atoms with Gasteiger partial charge in [-0.2, -0.15) is 5.10 Å². The molecule has 1 saturated carbocycles. The predicted octanol–water partition coefficient (Wildman–Crippen LogP) is 2.76. The maximum absolute atomic E-state index is 12.7. The maximum atomic E-state index is 12.7. The number of methoxy groups -OCH3 is 1. The van der Waals surface area contributed by atoms with E-state index in [9.17, 15) is 4.79 Å². The molecule has 2 N–H and O–H groups in total. The lowest BCUT2D eigenvalue weighted by Gasteiger charge is -2.28. The van der Waals surface area contributed by atoms with Crippen LogP contribution in [-0.4, -0.2) is 52.0 Å². The van der Waals surface area contributed by atoms with Crippen molar-refractivity contribution in [1.82, 2.24) is 25.1 Å². The fourth-order valence-electron chi connectivity index (χ4n) is 3.97. The Morgan fingerprint density at radius 3 is 2.77 bits per heavy atom. The molecule has 0 saturated heterocycles. The average molecular weight is 409 g/mol. The van der Waals surface area contributed by atoms with Gasteiger partial charge in [0.1, 0.15) is 0 Å². The summed E-state index contributed by atoms with van der Waals surface area (Å²) in [5.41, 5.74) is 2.86. The fourth-order valence-corrected chi connectivity index (χ4v) is 3.97. The first-order valence-electron chi connectivity index (χ1n) is 10.4. The molecule has 1 amide bonds. The Hall–Kier alpha value is -2.84. The van der Waals surface area contributed by atoms with Crippen LogP contribution in [0.2, 0.25) is 0 Å². The van der Waals surface area contributed by atoms with Crippen molar-refractivity contribution in [3.63, 3.8) is 0 Å². The van der Waals surface area contributed by atoms with Crippen molar-refractivity contribution in [2.24, 2.45) is 13.0 Å². The molecule has 0 spiro atoms. The summed E-state index contributed by atoms with van der Waals surface area (Å²) < 4.78 is 6.85. The van der Waals surface area contributed by atoms with E-state index < -0.39 is 0 Å². The second-order valence-electron chi connectivity index (χ2n) is 7.85. The number of carbonyl (C=O) groups is 1. The summed E-state index contributed by atoms with van der Waals surface area (Å²) in [6.45, 7) is 1.56. The van der Waals surface area contributed by atoms with Gasteiger partial charge in [-0.25, -0.2) is 9.97 Å². The quantitative estimate of drug-likeness (QED) is 0.584. The number of hydrogen-bond donors (Lipinski definition) is 2. The minimum absolute atomic E-state index is 0.00602. The topological polar surface area (TPSA) is 94.0 Å². The highest BCUT2D eigenvalue weighted by Crippen LogP contribution is 2.26. The molecular formula is C22H28N6O2. The molecule has 1 fully saturated rings. The Morgan fingerprint density at radius 2 is 2.03 bits per heavy atom. The third-order valence-electron chi connectivity index (χ3n) is 5.69. The monoisotopic (exact) mass is 408 g/mol. The molecule has 8 heteroatoms. The minimum atomic E-state index is 0.00602. The van der Waals surface area contributed by atoms with Gasteiger partial charge in [-0.05, 0) is 37.3 Å². The number of anilines is 1. The van der Waals surface area contributed by atoms with Crippen molar-refractivity contribution in [3.8, 4) is 11.1 Å². The van der Waals surface area contributed by atoms with Crippen LogP contribution in [0.3, 0.4) is 0 Å². The first-order valence-corrected chi connectivity index (χ1v) is 10.4. The van der Waals surface area contributed by atoms with Crippen LogP contribution in [0.25, 0.3) is 22.0 Å². The number of benzene rings is 1. The van der Waals surface area contributed by atoms with Crippen LogP contribution in [0.4, 0.5) is 5.95 Å². The summed E-state index contributed by atoms with van der Waals surface area (Å²) in [6.07, 6.45) is 9.27. The number of amides is 1. The molecular weight excluding hydrogens is 380 g/mol. The number of hydrogen-bond acceptors (Lipinski definition) is 6. The van der Waals surface area contributed by atoms with Crippen molar-refractivity contribution < 1.29 is 9.53 Å². The lowest BCUT2D eigenvalue weighted by Crippen LogP contribution is -2.37. The van der Waals surface area contributed by atoms with E-state index in [0.29, 0.717) is 18.6 Å². The van der Waals surface area contributed by atoms with Crippen molar-refractivity contribution in [2.75, 3.05) is 25.6 Å². The maximum Gasteiger partial charge on any atom is 0.229 e. The molecule has 158 valence electrons. The van der Waals surface area contributed by atoms with E-state index >= 15 is 0 Å². The largest absolute Gasteiger partial charge is 0.383 e. The van der Waals surface area contributed by atoms with Crippen LogP contribution in [0.1, 0.15) is 25.7 Å². The molecule has 3 aromatic rings. The van der Waals surface area contributed by atoms with E-state index in [-0.39, 0.29) is 11.8 Å². The number of nitrogens with one attached hydrogen (secondary N) is 2. The molecule has 0 bridgehead atoms. The van der Waals surface area contributed by atoms with Gasteiger partial charge in [0, 0.05) is 56.0 Å². The van der Waals surface area contributed by atoms with Gasteiger partial charge in [-0.3, -0.25) is 14.8 Å². The number of aromatic nitrogens is 4. The highest BCUT2D eigenvalue weighted by Gasteiger charge is 2.26. The van der Waals surface area contributed by atoms with Crippen molar-refractivity contribution in [2.45, 2.75) is 31.7 Å². The highest BCUT2D eigenvalue weighted by atomic mass is 16.5. The zero-order valence-corrected chi connectivity index (χ0v) is 17.5. The first kappa shape index (κ1) is 20.4. The van der Waals surface area contributed by atoms with Crippen molar-refractivity contribution in [1.29, 1.82) is 0 Å². The van der Waals surface area contributed by atoms with Crippen LogP contribution in [0.15, 0.2) is 36.8 Å². The van der Waals surface area contributed by atoms with Gasteiger partial charge < -0.3 is 10.1 Å². The van der Waals surface area contributed by atoms with Gasteiger partial charge in [-0.1, -0.05) is 12.1 Å². The van der Waals surface area contributed by atoms with Gasteiger partial charge in [0.2, 0.25) is 11.9 Å². The summed E-state index contributed by atoms with van der Waals surface area (Å²) in [6, 6.07) is 6.48. The zero-order chi connectivity index (χ0) is 20.9. The Morgan fingerprint density at radius 1 is 1.20 bits per heavy atom. The van der Waals surface area contributed by atoms with Crippen molar-refractivity contribution in [3.05, 3.63) is 36.8 Å². The van der Waals surface area contributed by atoms with Crippen LogP contribution >= 0.6 is 0 Å². The molecule has 4 rings (SSSR count). The first-order chi connectivity index (χ1) is 14.6. The zero-order valence-electron chi connectivity index (χ0n) is 17.5. The van der Waals surface area contributed by atoms with Crippen LogP contribution in [-0.2, 0) is 16.6 Å². The second-order valence-corrected chi connectivity index (χ2v) is 7.85. The smallest absolute Gasteiger partial charge is 0.229 e. The molecule has 2 heterocycles. The van der Waals surface area contributed by atoms with Crippen molar-refractivity contribution >= 4 is 22.8 Å². The van der Waals surface area contributed by atoms with Crippen LogP contribution in [0, 0.1) is 5.92 Å². The Labute approximate surface area is 176 Å². The van der Waals surface area contributed by atoms with E-state index in [1.54, 1.807) is 18.0 Å². The number of nitrogens with zero attached hydrogens (tertiary/aromatic N) is 4. The van der Waals surface area contributed by atoms with Gasteiger partial charge in [-0.15, -0.1) is 0 Å². The lowest BCUT2D eigenvalue weighted by molar-refractivity contribution is -0.120. The number of carbonyl (C=O) groups excluding carboxylic acids is 1. The van der Waals surface area contributed by atoms with E-state index in [1.807, 2.05) is 37.6 Å². The van der Waals surface area contributed by atoms with Gasteiger partial charge >= 0.3 is 0 Å². The Kier molecular flexibility index (Phi) is 6.35. The minimum Gasteiger partial charge on any atom is -0.383 e. The van der Waals surface area contributed by atoms with Gasteiger partial charge in [0.05, 0.1) is 18.3 Å². The van der Waals surface area contributed by atoms with Gasteiger partial charge in [0.25, 0.3) is 0 Å². The van der Waals surface area contributed by atoms with E-state index in [1.165, 1.54) is 0 Å². The molecule has 0 aliphatic heterocycles. The molecule has 1 aromatic carbocycles. The molecule has 1 aliphatic carbocycles. The molecule has 0 unspecified atom stereocenters. The van der Waals surface area contributed by atoms with E-state index in [4.69, 9.17) is 4.74 Å². The van der Waals surface area contributed by atoms with Crippen LogP contribution in [0.5, 0.6) is 0 Å². The third-order valence-corrected chi connectivity index (χ3v) is 5.69. The number of fused-ring (bicyclic) bond motifs is 1. The molecule has 0 radical (unpaired) electrons. The number of aryl methyl sites for hydroxylation is 1. The summed E-state index contributed by atoms with van der Waals surface area (Å²) in [4.78, 5) is 21.6. The lowest BCUT2D eigenvalue weighted by atomic mass is 9.85. The molecule has 30 heavy (non-hydrogen) atoms.